The third-order valence-electron chi connectivity index (χ3n) is 4.20. The van der Waals surface area contributed by atoms with Crippen molar-refractivity contribution in [3.05, 3.63) is 91.0 Å². The van der Waals surface area contributed by atoms with E-state index in [9.17, 15) is 9.59 Å². The van der Waals surface area contributed by atoms with E-state index in [0.29, 0.717) is 0 Å². The topological polar surface area (TPSA) is 55.8 Å². The predicted molar refractivity (Wildman–Crippen MR) is 116 cm³/mol. The first-order valence-electron chi connectivity index (χ1n) is 9.15. The first-order valence-corrected chi connectivity index (χ1v) is 10.9. The molecule has 0 aliphatic rings. The van der Waals surface area contributed by atoms with Gasteiger partial charge in [0.1, 0.15) is 22.6 Å². The Kier molecular flexibility index (Phi) is 6.76. The number of nitrogens with zero attached hydrogens (tertiary/aromatic N) is 1. The van der Waals surface area contributed by atoms with Crippen molar-refractivity contribution in [3.63, 3.8) is 0 Å². The Bertz CT molecular complexity index is 850. The van der Waals surface area contributed by atoms with Crippen molar-refractivity contribution in [2.75, 3.05) is 20.8 Å². The van der Waals surface area contributed by atoms with Crippen molar-refractivity contribution in [3.8, 4) is 0 Å². The molecule has 0 N–H and O–H groups in total. The molecule has 0 saturated carbocycles. The van der Waals surface area contributed by atoms with Crippen molar-refractivity contribution >= 4 is 35.3 Å². The zero-order valence-electron chi connectivity index (χ0n) is 16.4. The minimum atomic E-state index is -2.87. The zero-order chi connectivity index (χ0) is 20.7. The Morgan fingerprint density at radius 1 is 0.690 bits per heavy atom. The van der Waals surface area contributed by atoms with Crippen molar-refractivity contribution in [1.29, 1.82) is 0 Å². The van der Waals surface area contributed by atoms with E-state index < -0.39 is 19.4 Å². The fourth-order valence-electron chi connectivity index (χ4n) is 2.93. The summed E-state index contributed by atoms with van der Waals surface area (Å²) in [6.45, 7) is 0.00138. The molecule has 0 aromatic heterocycles. The molecule has 0 unspecified atom stereocenters. The average Bonchev–Trinajstić information content (AvgIpc) is 2.77. The third-order valence-corrected chi connectivity index (χ3v) is 7.72. The molecule has 0 spiro atoms. The van der Waals surface area contributed by atoms with Crippen LogP contribution in [0.2, 0.25) is 0 Å². The molecule has 29 heavy (non-hydrogen) atoms. The average molecular weight is 408 g/mol. The Hall–Kier alpha value is -3.01. The van der Waals surface area contributed by atoms with Crippen LogP contribution in [-0.2, 0) is 18.8 Å². The quantitative estimate of drug-likeness (QED) is 0.272. The molecule has 5 nitrogen and oxygen atoms in total. The van der Waals surface area contributed by atoms with Crippen LogP contribution >= 0.6 is 7.49 Å². The monoisotopic (exact) mass is 408 g/mol. The fourth-order valence-corrected chi connectivity index (χ4v) is 6.24. The Morgan fingerprint density at radius 2 is 1.07 bits per heavy atom. The molecule has 0 fully saturated rings. The summed E-state index contributed by atoms with van der Waals surface area (Å²) in [5.74, 6) is -2.01. The lowest BCUT2D eigenvalue weighted by atomic mass is 10.4. The van der Waals surface area contributed by atoms with Gasteiger partial charge in [-0.15, -0.1) is 0 Å². The SMILES string of the molecule is CN(C)COC(=O)C(=O)O[P+](c1ccccc1)(c1ccccc1)c1ccccc1. The number of esters is 1. The summed E-state index contributed by atoms with van der Waals surface area (Å²) in [5.41, 5.74) is 0. The van der Waals surface area contributed by atoms with Crippen LogP contribution in [-0.4, -0.2) is 37.7 Å². The molecule has 148 valence electrons. The molecule has 0 aliphatic heterocycles. The van der Waals surface area contributed by atoms with Gasteiger partial charge in [-0.2, -0.15) is 0 Å². The molecular weight excluding hydrogens is 385 g/mol. The summed E-state index contributed by atoms with van der Waals surface area (Å²) in [6.07, 6.45) is 0. The van der Waals surface area contributed by atoms with Crippen molar-refractivity contribution in [1.82, 2.24) is 4.90 Å². The first kappa shape index (κ1) is 20.7. The minimum Gasteiger partial charge on any atom is -0.441 e. The van der Waals surface area contributed by atoms with Crippen LogP contribution in [0.15, 0.2) is 91.0 Å². The first-order chi connectivity index (χ1) is 14.0. The molecule has 3 aromatic rings. The summed E-state index contributed by atoms with van der Waals surface area (Å²) in [4.78, 5) is 26.8. The highest BCUT2D eigenvalue weighted by atomic mass is 31.2. The number of carbonyl (C=O) groups is 2. The van der Waals surface area contributed by atoms with E-state index in [0.717, 1.165) is 15.9 Å². The van der Waals surface area contributed by atoms with Gasteiger partial charge < -0.3 is 4.74 Å². The largest absolute Gasteiger partial charge is 0.459 e. The summed E-state index contributed by atoms with van der Waals surface area (Å²) in [7, 11) is 0.613. The summed E-state index contributed by atoms with van der Waals surface area (Å²) < 4.78 is 11.1. The smallest absolute Gasteiger partial charge is 0.441 e. The molecule has 0 atom stereocenters. The van der Waals surface area contributed by atoms with Gasteiger partial charge in [-0.1, -0.05) is 54.6 Å². The maximum Gasteiger partial charge on any atom is 0.459 e. The molecule has 0 amide bonds. The van der Waals surface area contributed by atoms with Gasteiger partial charge in [-0.3, -0.25) is 9.42 Å². The molecule has 0 bridgehead atoms. The lowest BCUT2D eigenvalue weighted by Gasteiger charge is -2.24. The van der Waals surface area contributed by atoms with Gasteiger partial charge in [0.05, 0.1) is 0 Å². The normalized spacial score (nSPS) is 11.1. The highest BCUT2D eigenvalue weighted by molar-refractivity contribution is 7.92. The summed E-state index contributed by atoms with van der Waals surface area (Å²) >= 11 is 0. The van der Waals surface area contributed by atoms with Crippen molar-refractivity contribution in [2.24, 2.45) is 0 Å². The number of rotatable bonds is 6. The zero-order valence-corrected chi connectivity index (χ0v) is 17.3. The molecule has 0 heterocycles. The number of ether oxygens (including phenoxy) is 1. The van der Waals surface area contributed by atoms with E-state index in [1.807, 2.05) is 91.0 Å². The Morgan fingerprint density at radius 3 is 1.41 bits per heavy atom. The highest BCUT2D eigenvalue weighted by Crippen LogP contribution is 2.56. The van der Waals surface area contributed by atoms with Crippen LogP contribution in [0, 0.1) is 0 Å². The molecule has 0 saturated heterocycles. The number of hydrogen-bond donors (Lipinski definition) is 0. The van der Waals surface area contributed by atoms with Crippen molar-refractivity contribution < 1.29 is 18.8 Å². The van der Waals surface area contributed by atoms with E-state index in [1.54, 1.807) is 19.0 Å². The second-order valence-corrected chi connectivity index (χ2v) is 9.59. The standard InChI is InChI=1S/C23H23NO4P/c1-24(2)18-27-22(25)23(26)28-29(19-12-6-3-7-13-19,20-14-8-4-9-15-20)21-16-10-5-11-17-21/h3-17H,18H2,1-2H3/q+1. The van der Waals surface area contributed by atoms with E-state index in [1.165, 1.54) is 0 Å². The van der Waals surface area contributed by atoms with E-state index >= 15 is 0 Å². The predicted octanol–water partition coefficient (Wildman–Crippen LogP) is 2.50. The second-order valence-electron chi connectivity index (χ2n) is 6.64. The van der Waals surface area contributed by atoms with Gasteiger partial charge in [-0.05, 0) is 50.5 Å². The van der Waals surface area contributed by atoms with Crippen LogP contribution in [0.1, 0.15) is 0 Å². The van der Waals surface area contributed by atoms with Crippen LogP contribution in [0.5, 0.6) is 0 Å². The molecular formula is C23H23NO4P+. The fraction of sp³-hybridized carbons (Fsp3) is 0.130. The Labute approximate surface area is 171 Å². The van der Waals surface area contributed by atoms with Gasteiger partial charge in [-0.25, -0.2) is 9.59 Å². The Balaban J connectivity index is 2.13. The molecule has 3 rings (SSSR count). The number of carbonyl (C=O) groups excluding carboxylic acids is 2. The van der Waals surface area contributed by atoms with E-state index in [4.69, 9.17) is 9.26 Å². The van der Waals surface area contributed by atoms with Gasteiger partial charge in [0, 0.05) is 0 Å². The number of benzene rings is 3. The lowest BCUT2D eigenvalue weighted by Crippen LogP contribution is -2.36. The third kappa shape index (κ3) is 4.70. The van der Waals surface area contributed by atoms with Crippen LogP contribution in [0.4, 0.5) is 0 Å². The van der Waals surface area contributed by atoms with Crippen LogP contribution in [0.3, 0.4) is 0 Å². The summed E-state index contributed by atoms with van der Waals surface area (Å²) in [6, 6.07) is 28.6. The van der Waals surface area contributed by atoms with Crippen molar-refractivity contribution in [2.45, 2.75) is 0 Å². The van der Waals surface area contributed by atoms with Gasteiger partial charge in [0.15, 0.2) is 0 Å². The maximum atomic E-state index is 12.8. The van der Waals surface area contributed by atoms with Crippen LogP contribution < -0.4 is 15.9 Å². The molecule has 0 radical (unpaired) electrons. The van der Waals surface area contributed by atoms with E-state index in [-0.39, 0.29) is 6.73 Å². The molecule has 0 aliphatic carbocycles. The highest BCUT2D eigenvalue weighted by Gasteiger charge is 2.52. The lowest BCUT2D eigenvalue weighted by molar-refractivity contribution is -0.164. The second kappa shape index (κ2) is 9.46. The van der Waals surface area contributed by atoms with Gasteiger partial charge in [0.2, 0.25) is 0 Å². The summed E-state index contributed by atoms with van der Waals surface area (Å²) in [5, 5.41) is 2.52. The molecule has 6 heteroatoms. The minimum absolute atomic E-state index is 0.00138. The van der Waals surface area contributed by atoms with Crippen LogP contribution in [0.25, 0.3) is 0 Å². The molecule has 3 aromatic carbocycles. The van der Waals surface area contributed by atoms with E-state index in [2.05, 4.69) is 0 Å². The maximum absolute atomic E-state index is 12.8. The number of hydrogen-bond acceptors (Lipinski definition) is 5. The van der Waals surface area contributed by atoms with Gasteiger partial charge in [0.25, 0.3) is 7.49 Å². The van der Waals surface area contributed by atoms with Gasteiger partial charge >= 0.3 is 11.9 Å².